The Kier molecular flexibility index (Phi) is 6.28. The second-order valence-corrected chi connectivity index (χ2v) is 7.51. The number of benzene rings is 2. The number of likely N-dealkylation sites (tertiary alicyclic amines) is 1. The van der Waals surface area contributed by atoms with E-state index in [9.17, 15) is 14.7 Å². The molecule has 4 heteroatoms. The zero-order valence-corrected chi connectivity index (χ0v) is 15.8. The molecule has 2 aromatic rings. The lowest BCUT2D eigenvalue weighted by atomic mass is 9.88. The van der Waals surface area contributed by atoms with E-state index in [1.165, 1.54) is 5.56 Å². The minimum atomic E-state index is -0.867. The van der Waals surface area contributed by atoms with Crippen LogP contribution >= 0.6 is 0 Å². The number of carbonyl (C=O) groups is 2. The summed E-state index contributed by atoms with van der Waals surface area (Å²) in [5.41, 5.74) is 2.49. The minimum Gasteiger partial charge on any atom is -0.478 e. The molecular formula is C23H27NO3. The van der Waals surface area contributed by atoms with E-state index >= 15 is 0 Å². The first-order valence-corrected chi connectivity index (χ1v) is 9.68. The van der Waals surface area contributed by atoms with Crippen molar-refractivity contribution >= 4 is 11.9 Å². The van der Waals surface area contributed by atoms with E-state index in [-0.39, 0.29) is 11.8 Å². The third-order valence-corrected chi connectivity index (χ3v) is 5.57. The van der Waals surface area contributed by atoms with Crippen LogP contribution in [0.3, 0.4) is 0 Å². The van der Waals surface area contributed by atoms with Gasteiger partial charge in [0.15, 0.2) is 0 Å². The van der Waals surface area contributed by atoms with Crippen molar-refractivity contribution in [3.63, 3.8) is 0 Å². The molecule has 1 fully saturated rings. The van der Waals surface area contributed by atoms with Gasteiger partial charge in [0.05, 0.1) is 5.56 Å². The third-order valence-electron chi connectivity index (χ3n) is 5.57. The van der Waals surface area contributed by atoms with E-state index in [2.05, 4.69) is 19.1 Å². The van der Waals surface area contributed by atoms with E-state index in [0.29, 0.717) is 17.9 Å². The lowest BCUT2D eigenvalue weighted by Gasteiger charge is -2.33. The molecule has 27 heavy (non-hydrogen) atoms. The lowest BCUT2D eigenvalue weighted by molar-refractivity contribution is -0.132. The van der Waals surface area contributed by atoms with E-state index in [4.69, 9.17) is 0 Å². The maximum atomic E-state index is 12.6. The zero-order chi connectivity index (χ0) is 19.2. The van der Waals surface area contributed by atoms with Gasteiger partial charge in [0, 0.05) is 19.5 Å². The number of piperidine rings is 1. The highest BCUT2D eigenvalue weighted by atomic mass is 16.4. The first-order chi connectivity index (χ1) is 13.0. The number of nitrogens with zero attached hydrogens (tertiary/aromatic N) is 1. The normalized spacial score (nSPS) is 16.1. The van der Waals surface area contributed by atoms with Crippen LogP contribution in [0.5, 0.6) is 0 Å². The number of amides is 1. The van der Waals surface area contributed by atoms with Crippen molar-refractivity contribution in [3.8, 4) is 0 Å². The van der Waals surface area contributed by atoms with Crippen LogP contribution in [-0.2, 0) is 11.2 Å². The van der Waals surface area contributed by atoms with Gasteiger partial charge in [-0.25, -0.2) is 4.79 Å². The van der Waals surface area contributed by atoms with E-state index < -0.39 is 5.97 Å². The molecule has 1 amide bonds. The van der Waals surface area contributed by atoms with E-state index in [0.717, 1.165) is 37.9 Å². The molecular weight excluding hydrogens is 338 g/mol. The van der Waals surface area contributed by atoms with Gasteiger partial charge in [0.1, 0.15) is 0 Å². The van der Waals surface area contributed by atoms with Crippen molar-refractivity contribution in [2.75, 3.05) is 13.1 Å². The van der Waals surface area contributed by atoms with Gasteiger partial charge in [-0.2, -0.15) is 0 Å². The summed E-state index contributed by atoms with van der Waals surface area (Å²) in [4.78, 5) is 26.0. The van der Waals surface area contributed by atoms with Gasteiger partial charge < -0.3 is 10.0 Å². The predicted octanol–water partition coefficient (Wildman–Crippen LogP) is 4.36. The van der Waals surface area contributed by atoms with Crippen LogP contribution in [0.4, 0.5) is 0 Å². The quantitative estimate of drug-likeness (QED) is 0.827. The minimum absolute atomic E-state index is 0.218. The molecule has 1 aliphatic rings. The Morgan fingerprint density at radius 2 is 1.67 bits per heavy atom. The predicted molar refractivity (Wildman–Crippen MR) is 106 cm³/mol. The molecule has 1 heterocycles. The summed E-state index contributed by atoms with van der Waals surface area (Å²) in [5, 5.41) is 9.33. The number of aromatic carboxylic acids is 1. The monoisotopic (exact) mass is 365 g/mol. The fraction of sp³-hybridized carbons (Fsp3) is 0.391. The maximum absolute atomic E-state index is 12.6. The van der Waals surface area contributed by atoms with E-state index in [1.807, 2.05) is 35.2 Å². The lowest BCUT2D eigenvalue weighted by Crippen LogP contribution is -2.39. The Bertz CT molecular complexity index is 779. The largest absolute Gasteiger partial charge is 0.478 e. The molecule has 1 aliphatic heterocycles. The average molecular weight is 365 g/mol. The molecule has 1 saturated heterocycles. The van der Waals surface area contributed by atoms with Crippen molar-refractivity contribution in [1.82, 2.24) is 4.90 Å². The summed E-state index contributed by atoms with van der Waals surface area (Å²) in [6.45, 7) is 3.63. The molecule has 0 aromatic heterocycles. The van der Waals surface area contributed by atoms with Crippen LogP contribution in [0.15, 0.2) is 54.6 Å². The van der Waals surface area contributed by atoms with Crippen molar-refractivity contribution in [2.24, 2.45) is 5.92 Å². The zero-order valence-electron chi connectivity index (χ0n) is 15.8. The summed E-state index contributed by atoms with van der Waals surface area (Å²) in [6.07, 6.45) is 3.17. The summed E-state index contributed by atoms with van der Waals surface area (Å²) >= 11 is 0. The molecule has 0 spiro atoms. The molecule has 142 valence electrons. The highest BCUT2D eigenvalue weighted by Gasteiger charge is 2.25. The molecule has 2 aromatic carbocycles. The smallest absolute Gasteiger partial charge is 0.335 e. The summed E-state index contributed by atoms with van der Waals surface area (Å²) < 4.78 is 0. The summed E-state index contributed by atoms with van der Waals surface area (Å²) in [5.74, 6) is 0.00353. The maximum Gasteiger partial charge on any atom is 0.335 e. The first kappa shape index (κ1) is 19.2. The van der Waals surface area contributed by atoms with Gasteiger partial charge in [0.2, 0.25) is 5.91 Å². The summed E-state index contributed by atoms with van der Waals surface area (Å²) in [7, 11) is 0. The highest BCUT2D eigenvalue weighted by molar-refractivity contribution is 5.89. The highest BCUT2D eigenvalue weighted by Crippen LogP contribution is 2.26. The number of carboxylic acid groups (broad SMARTS) is 1. The molecule has 4 nitrogen and oxygen atoms in total. The number of carbonyl (C=O) groups excluding carboxylic acids is 1. The van der Waals surface area contributed by atoms with E-state index in [1.54, 1.807) is 12.1 Å². The Morgan fingerprint density at radius 1 is 1.04 bits per heavy atom. The van der Waals surface area contributed by atoms with Crippen LogP contribution < -0.4 is 0 Å². The van der Waals surface area contributed by atoms with Crippen LogP contribution in [0, 0.1) is 5.92 Å². The SMILES string of the molecule is CC(CC(=O)N1CCC(Cc2ccccc2C(=O)O)CC1)c1ccccc1. The van der Waals surface area contributed by atoms with Gasteiger partial charge in [-0.15, -0.1) is 0 Å². The Morgan fingerprint density at radius 3 is 2.33 bits per heavy atom. The molecule has 1 N–H and O–H groups in total. The van der Waals surface area contributed by atoms with Crippen LogP contribution in [0.25, 0.3) is 0 Å². The molecule has 0 radical (unpaired) electrons. The first-order valence-electron chi connectivity index (χ1n) is 9.68. The second kappa shape index (κ2) is 8.85. The molecule has 1 unspecified atom stereocenters. The fourth-order valence-corrected chi connectivity index (χ4v) is 3.89. The number of hydrogen-bond acceptors (Lipinski definition) is 2. The van der Waals surface area contributed by atoms with Crippen LogP contribution in [0.1, 0.15) is 53.6 Å². The standard InChI is InChI=1S/C23H27NO3/c1-17(19-7-3-2-4-8-19)15-22(25)24-13-11-18(12-14-24)16-20-9-5-6-10-21(20)23(26)27/h2-10,17-18H,11-16H2,1H3,(H,26,27). The van der Waals surface area contributed by atoms with Crippen molar-refractivity contribution in [2.45, 2.75) is 38.5 Å². The van der Waals surface area contributed by atoms with Crippen LogP contribution in [-0.4, -0.2) is 35.0 Å². The van der Waals surface area contributed by atoms with Crippen molar-refractivity contribution in [3.05, 3.63) is 71.3 Å². The molecule has 1 atom stereocenters. The number of hydrogen-bond donors (Lipinski definition) is 1. The Hall–Kier alpha value is -2.62. The van der Waals surface area contributed by atoms with Gasteiger partial charge in [-0.05, 0) is 48.3 Å². The summed E-state index contributed by atoms with van der Waals surface area (Å²) in [6, 6.07) is 17.4. The number of rotatable bonds is 6. The van der Waals surface area contributed by atoms with Gasteiger partial charge in [-0.3, -0.25) is 4.79 Å². The Balaban J connectivity index is 1.52. The average Bonchev–Trinajstić information content (AvgIpc) is 2.69. The van der Waals surface area contributed by atoms with Crippen molar-refractivity contribution in [1.29, 1.82) is 0 Å². The van der Waals surface area contributed by atoms with Gasteiger partial charge in [0.25, 0.3) is 0 Å². The van der Waals surface area contributed by atoms with Gasteiger partial charge in [-0.1, -0.05) is 55.5 Å². The molecule has 0 aliphatic carbocycles. The fourth-order valence-electron chi connectivity index (χ4n) is 3.89. The topological polar surface area (TPSA) is 57.6 Å². The third kappa shape index (κ3) is 4.97. The Labute approximate surface area is 160 Å². The molecule has 0 bridgehead atoms. The molecule has 0 saturated carbocycles. The molecule has 3 rings (SSSR count). The van der Waals surface area contributed by atoms with Crippen LogP contribution in [0.2, 0.25) is 0 Å². The second-order valence-electron chi connectivity index (χ2n) is 7.51. The van der Waals surface area contributed by atoms with Crippen molar-refractivity contribution < 1.29 is 14.7 Å². The van der Waals surface area contributed by atoms with Gasteiger partial charge >= 0.3 is 5.97 Å². The number of carboxylic acids is 1.